The summed E-state index contributed by atoms with van der Waals surface area (Å²) in [7, 11) is 1.43. The Kier molecular flexibility index (Phi) is 2.11. The molecule has 4 heteroatoms. The van der Waals surface area contributed by atoms with Gasteiger partial charge in [-0.05, 0) is 6.07 Å². The molecule has 1 aliphatic heterocycles. The molecule has 3 nitrogen and oxygen atoms in total. The van der Waals surface area contributed by atoms with E-state index in [-0.39, 0.29) is 23.7 Å². The average molecular weight is 196 g/mol. The second kappa shape index (κ2) is 3.29. The minimum atomic E-state index is -0.549. The van der Waals surface area contributed by atoms with Crippen LogP contribution in [0.15, 0.2) is 12.1 Å². The molecule has 0 amide bonds. The van der Waals surface area contributed by atoms with Crippen molar-refractivity contribution >= 4 is 5.78 Å². The van der Waals surface area contributed by atoms with E-state index in [1.807, 2.05) is 0 Å². The van der Waals surface area contributed by atoms with Crippen molar-refractivity contribution in [1.82, 2.24) is 0 Å². The van der Waals surface area contributed by atoms with Crippen molar-refractivity contribution in [1.29, 1.82) is 0 Å². The van der Waals surface area contributed by atoms with Crippen LogP contribution in [0.1, 0.15) is 16.8 Å². The molecule has 1 aromatic rings. The molecule has 1 aromatic carbocycles. The van der Waals surface area contributed by atoms with Crippen LogP contribution in [-0.2, 0) is 0 Å². The van der Waals surface area contributed by atoms with E-state index in [9.17, 15) is 9.18 Å². The molecule has 74 valence electrons. The standard InChI is InChI=1S/C10H9FO3/c1-13-6-4-7-9(12)2-3-14-10(7)8(11)5-6/h4-5H,2-3H2,1H3. The van der Waals surface area contributed by atoms with Crippen molar-refractivity contribution < 1.29 is 18.7 Å². The van der Waals surface area contributed by atoms with Gasteiger partial charge in [0.15, 0.2) is 17.3 Å². The number of methoxy groups -OCH3 is 1. The lowest BCUT2D eigenvalue weighted by molar-refractivity contribution is 0.0928. The zero-order chi connectivity index (χ0) is 10.1. The van der Waals surface area contributed by atoms with E-state index in [0.717, 1.165) is 0 Å². The SMILES string of the molecule is COc1cc(F)c2c(c1)C(=O)CCO2. The van der Waals surface area contributed by atoms with Crippen molar-refractivity contribution in [2.24, 2.45) is 0 Å². The zero-order valence-corrected chi connectivity index (χ0v) is 7.67. The quantitative estimate of drug-likeness (QED) is 0.687. The van der Waals surface area contributed by atoms with Gasteiger partial charge in [0.2, 0.25) is 0 Å². The highest BCUT2D eigenvalue weighted by molar-refractivity contribution is 6.00. The van der Waals surface area contributed by atoms with Crippen molar-refractivity contribution in [3.8, 4) is 11.5 Å². The Balaban J connectivity index is 2.57. The maximum Gasteiger partial charge on any atom is 0.170 e. The summed E-state index contributed by atoms with van der Waals surface area (Å²) in [5, 5.41) is 0. The molecule has 0 unspecified atom stereocenters. The summed E-state index contributed by atoms with van der Waals surface area (Å²) in [5.74, 6) is -0.279. The summed E-state index contributed by atoms with van der Waals surface area (Å²) in [5.41, 5.74) is 0.271. The van der Waals surface area contributed by atoms with Crippen LogP contribution in [0, 0.1) is 5.82 Å². The Labute approximate surface area is 80.4 Å². The van der Waals surface area contributed by atoms with Crippen molar-refractivity contribution in [2.75, 3.05) is 13.7 Å². The molecular weight excluding hydrogens is 187 g/mol. The predicted molar refractivity (Wildman–Crippen MR) is 47.4 cm³/mol. The number of hydrogen-bond acceptors (Lipinski definition) is 3. The number of fused-ring (bicyclic) bond motifs is 1. The monoisotopic (exact) mass is 196 g/mol. The Hall–Kier alpha value is -1.58. The minimum Gasteiger partial charge on any atom is -0.497 e. The summed E-state index contributed by atoms with van der Waals surface area (Å²) in [6.45, 7) is 0.245. The van der Waals surface area contributed by atoms with Crippen LogP contribution in [0.2, 0.25) is 0 Å². The van der Waals surface area contributed by atoms with Gasteiger partial charge in [-0.1, -0.05) is 0 Å². The number of Topliss-reactive ketones (excluding diaryl/α,β-unsaturated/α-hetero) is 1. The maximum atomic E-state index is 13.3. The molecule has 1 aliphatic rings. The minimum absolute atomic E-state index is 0.0436. The lowest BCUT2D eigenvalue weighted by Crippen LogP contribution is -2.16. The first-order valence-electron chi connectivity index (χ1n) is 4.26. The predicted octanol–water partition coefficient (Wildman–Crippen LogP) is 1.80. The number of carbonyl (C=O) groups excluding carboxylic acids is 1. The molecule has 1 heterocycles. The van der Waals surface area contributed by atoms with Crippen LogP contribution in [0.25, 0.3) is 0 Å². The normalized spacial score (nSPS) is 14.6. The van der Waals surface area contributed by atoms with Crippen LogP contribution < -0.4 is 9.47 Å². The molecule has 0 saturated carbocycles. The van der Waals surface area contributed by atoms with Gasteiger partial charge in [0.25, 0.3) is 0 Å². The van der Waals surface area contributed by atoms with Crippen molar-refractivity contribution in [3.05, 3.63) is 23.5 Å². The molecular formula is C10H9FO3. The van der Waals surface area contributed by atoms with E-state index >= 15 is 0 Å². The van der Waals surface area contributed by atoms with Gasteiger partial charge in [0.05, 0.1) is 19.3 Å². The first kappa shape index (κ1) is 8.99. The Morgan fingerprint density at radius 2 is 2.29 bits per heavy atom. The highest BCUT2D eigenvalue weighted by Gasteiger charge is 2.22. The molecule has 0 aliphatic carbocycles. The van der Waals surface area contributed by atoms with E-state index in [4.69, 9.17) is 9.47 Å². The summed E-state index contributed by atoms with van der Waals surface area (Å²) in [4.78, 5) is 11.4. The third-order valence-corrected chi connectivity index (χ3v) is 2.13. The summed E-state index contributed by atoms with van der Waals surface area (Å²) in [6, 6.07) is 2.71. The lowest BCUT2D eigenvalue weighted by Gasteiger charge is -2.17. The number of halogens is 1. The topological polar surface area (TPSA) is 35.5 Å². The fourth-order valence-electron chi connectivity index (χ4n) is 1.42. The fourth-order valence-corrected chi connectivity index (χ4v) is 1.42. The van der Waals surface area contributed by atoms with Crippen molar-refractivity contribution in [3.63, 3.8) is 0 Å². The Bertz CT molecular complexity index is 387. The number of carbonyl (C=O) groups is 1. The molecule has 2 rings (SSSR count). The Morgan fingerprint density at radius 3 is 3.00 bits per heavy atom. The van der Waals surface area contributed by atoms with Crippen LogP contribution >= 0.6 is 0 Å². The van der Waals surface area contributed by atoms with E-state index in [2.05, 4.69) is 0 Å². The van der Waals surface area contributed by atoms with Crippen molar-refractivity contribution in [2.45, 2.75) is 6.42 Å². The first-order chi connectivity index (χ1) is 6.72. The first-order valence-corrected chi connectivity index (χ1v) is 4.26. The number of ether oxygens (including phenoxy) is 2. The van der Waals surface area contributed by atoms with Crippen LogP contribution in [0.4, 0.5) is 4.39 Å². The summed E-state index contributed by atoms with van der Waals surface area (Å²) >= 11 is 0. The van der Waals surface area contributed by atoms with Crippen LogP contribution in [0.5, 0.6) is 11.5 Å². The fraction of sp³-hybridized carbons (Fsp3) is 0.300. The summed E-state index contributed by atoms with van der Waals surface area (Å²) < 4.78 is 23.3. The number of hydrogen-bond donors (Lipinski definition) is 0. The number of rotatable bonds is 1. The molecule has 0 saturated heterocycles. The molecule has 0 radical (unpaired) electrons. The van der Waals surface area contributed by atoms with Gasteiger partial charge < -0.3 is 9.47 Å². The van der Waals surface area contributed by atoms with Gasteiger partial charge in [-0.25, -0.2) is 4.39 Å². The van der Waals surface area contributed by atoms with E-state index in [1.165, 1.54) is 19.2 Å². The largest absolute Gasteiger partial charge is 0.497 e. The lowest BCUT2D eigenvalue weighted by atomic mass is 10.0. The highest BCUT2D eigenvalue weighted by atomic mass is 19.1. The summed E-state index contributed by atoms with van der Waals surface area (Å²) in [6.07, 6.45) is 0.291. The number of benzene rings is 1. The third kappa shape index (κ3) is 1.32. The highest BCUT2D eigenvalue weighted by Crippen LogP contribution is 2.31. The van der Waals surface area contributed by atoms with E-state index in [0.29, 0.717) is 12.2 Å². The van der Waals surface area contributed by atoms with Crippen LogP contribution in [-0.4, -0.2) is 19.5 Å². The van der Waals surface area contributed by atoms with Gasteiger partial charge in [-0.2, -0.15) is 0 Å². The molecule has 14 heavy (non-hydrogen) atoms. The van der Waals surface area contributed by atoms with Gasteiger partial charge >= 0.3 is 0 Å². The molecule has 0 spiro atoms. The van der Waals surface area contributed by atoms with Gasteiger partial charge in [-0.3, -0.25) is 4.79 Å². The molecule has 0 aromatic heterocycles. The second-order valence-electron chi connectivity index (χ2n) is 3.01. The van der Waals surface area contributed by atoms with E-state index < -0.39 is 5.82 Å². The smallest absolute Gasteiger partial charge is 0.170 e. The molecule has 0 atom stereocenters. The number of ketones is 1. The van der Waals surface area contributed by atoms with E-state index in [1.54, 1.807) is 0 Å². The Morgan fingerprint density at radius 1 is 1.50 bits per heavy atom. The van der Waals surface area contributed by atoms with Gasteiger partial charge in [0, 0.05) is 12.5 Å². The van der Waals surface area contributed by atoms with Crippen LogP contribution in [0.3, 0.4) is 0 Å². The maximum absolute atomic E-state index is 13.3. The second-order valence-corrected chi connectivity index (χ2v) is 3.01. The molecule has 0 N–H and O–H groups in total. The zero-order valence-electron chi connectivity index (χ0n) is 7.67. The third-order valence-electron chi connectivity index (χ3n) is 2.13. The van der Waals surface area contributed by atoms with Gasteiger partial charge in [-0.15, -0.1) is 0 Å². The molecule has 0 bridgehead atoms. The van der Waals surface area contributed by atoms with Gasteiger partial charge in [0.1, 0.15) is 5.75 Å². The average Bonchev–Trinajstić information content (AvgIpc) is 2.19. The molecule has 0 fully saturated rings.